The molecule has 0 saturated carbocycles. The summed E-state index contributed by atoms with van der Waals surface area (Å²) < 4.78 is 54.9. The van der Waals surface area contributed by atoms with Gasteiger partial charge in [-0.1, -0.05) is 30.3 Å². The minimum Gasteiger partial charge on any atom is -0.207 e. The molecular formula is C17H18F2N2O2S. The number of hydrogen-bond acceptors (Lipinski definition) is 2. The van der Waals surface area contributed by atoms with Gasteiger partial charge >= 0.3 is 0 Å². The van der Waals surface area contributed by atoms with Crippen LogP contribution in [0.3, 0.4) is 0 Å². The number of benzene rings is 2. The zero-order valence-electron chi connectivity index (χ0n) is 13.0. The van der Waals surface area contributed by atoms with Gasteiger partial charge in [0, 0.05) is 31.7 Å². The molecule has 1 aliphatic rings. The minimum atomic E-state index is -3.68. The zero-order chi connectivity index (χ0) is 17.2. The molecule has 0 radical (unpaired) electrons. The number of halogens is 2. The molecule has 2 aromatic rings. The van der Waals surface area contributed by atoms with Crippen molar-refractivity contribution in [1.82, 2.24) is 8.61 Å². The first kappa shape index (κ1) is 17.0. The van der Waals surface area contributed by atoms with Crippen molar-refractivity contribution in [2.24, 2.45) is 0 Å². The van der Waals surface area contributed by atoms with Crippen LogP contribution in [0.1, 0.15) is 17.5 Å². The van der Waals surface area contributed by atoms with E-state index < -0.39 is 16.0 Å². The number of rotatable bonds is 4. The van der Waals surface area contributed by atoms with Crippen molar-refractivity contribution in [1.29, 1.82) is 0 Å². The van der Waals surface area contributed by atoms with Crippen LogP contribution in [-0.2, 0) is 23.3 Å². The van der Waals surface area contributed by atoms with Crippen LogP contribution >= 0.6 is 0 Å². The van der Waals surface area contributed by atoms with Crippen LogP contribution in [0, 0.1) is 11.6 Å². The molecule has 0 unspecified atom stereocenters. The molecule has 1 aliphatic heterocycles. The average molecular weight is 352 g/mol. The Balaban J connectivity index is 1.78. The predicted octanol–water partition coefficient (Wildman–Crippen LogP) is 2.92. The molecule has 0 spiro atoms. The summed E-state index contributed by atoms with van der Waals surface area (Å²) in [6, 6.07) is 11.9. The smallest absolute Gasteiger partial charge is 0.207 e. The maximum absolute atomic E-state index is 13.8. The topological polar surface area (TPSA) is 40.6 Å². The van der Waals surface area contributed by atoms with Gasteiger partial charge in [-0.3, -0.25) is 0 Å². The normalized spacial score (nSPS) is 18.6. The summed E-state index contributed by atoms with van der Waals surface area (Å²) in [5.41, 5.74) is 1.07. The lowest BCUT2D eigenvalue weighted by molar-refractivity contribution is 0.274. The largest absolute Gasteiger partial charge is 0.282 e. The van der Waals surface area contributed by atoms with Gasteiger partial charge in [0.05, 0.1) is 0 Å². The minimum absolute atomic E-state index is 0.00885. The van der Waals surface area contributed by atoms with Crippen LogP contribution in [0.2, 0.25) is 0 Å². The van der Waals surface area contributed by atoms with Crippen LogP contribution in [0.15, 0.2) is 48.5 Å². The maximum Gasteiger partial charge on any atom is 0.282 e. The number of hydrogen-bond donors (Lipinski definition) is 0. The van der Waals surface area contributed by atoms with Crippen molar-refractivity contribution in [3.63, 3.8) is 0 Å². The Kier molecular flexibility index (Phi) is 4.93. The summed E-state index contributed by atoms with van der Waals surface area (Å²) in [4.78, 5) is 0. The molecule has 24 heavy (non-hydrogen) atoms. The average Bonchev–Trinajstić information content (AvgIpc) is 2.55. The van der Waals surface area contributed by atoms with Crippen molar-refractivity contribution in [3.8, 4) is 0 Å². The third-order valence-corrected chi connectivity index (χ3v) is 5.97. The second-order valence-electron chi connectivity index (χ2n) is 5.75. The highest BCUT2D eigenvalue weighted by atomic mass is 32.2. The third-order valence-electron chi connectivity index (χ3n) is 4.04. The fraction of sp³-hybridized carbons (Fsp3) is 0.294. The molecule has 1 heterocycles. The summed E-state index contributed by atoms with van der Waals surface area (Å²) >= 11 is 0. The lowest BCUT2D eigenvalue weighted by atomic mass is 10.2. The molecule has 4 nitrogen and oxygen atoms in total. The second kappa shape index (κ2) is 6.96. The van der Waals surface area contributed by atoms with Crippen LogP contribution in [0.25, 0.3) is 0 Å². The lowest BCUT2D eigenvalue weighted by Crippen LogP contribution is -2.48. The fourth-order valence-electron chi connectivity index (χ4n) is 2.75. The van der Waals surface area contributed by atoms with E-state index in [-0.39, 0.29) is 18.9 Å². The van der Waals surface area contributed by atoms with E-state index in [0.717, 1.165) is 0 Å². The Hall–Kier alpha value is -1.83. The van der Waals surface area contributed by atoms with Crippen LogP contribution in [-0.4, -0.2) is 30.1 Å². The molecule has 1 fully saturated rings. The Morgan fingerprint density at radius 2 is 1.50 bits per heavy atom. The quantitative estimate of drug-likeness (QED) is 0.849. The highest BCUT2D eigenvalue weighted by Crippen LogP contribution is 2.22. The van der Waals surface area contributed by atoms with Gasteiger partial charge in [-0.25, -0.2) is 8.78 Å². The molecular weight excluding hydrogens is 334 g/mol. The van der Waals surface area contributed by atoms with Crippen molar-refractivity contribution in [3.05, 3.63) is 71.3 Å². The van der Waals surface area contributed by atoms with E-state index in [1.807, 2.05) is 0 Å². The van der Waals surface area contributed by atoms with Gasteiger partial charge in [0.25, 0.3) is 10.2 Å². The second-order valence-corrected chi connectivity index (χ2v) is 7.67. The van der Waals surface area contributed by atoms with Gasteiger partial charge in [-0.05, 0) is 30.2 Å². The standard InChI is InChI=1S/C17H18F2N2O2S/c18-16-8-6-14(7-9-16)12-20-10-3-11-21(24(20,22)23)13-15-4-1-2-5-17(15)19/h1-2,4-9H,3,10-13H2. The van der Waals surface area contributed by atoms with Gasteiger partial charge in [-0.15, -0.1) is 0 Å². The SMILES string of the molecule is O=S1(=O)N(Cc2ccc(F)cc2)CCCN1Cc1ccccc1F. The van der Waals surface area contributed by atoms with Gasteiger partial charge in [-0.2, -0.15) is 17.0 Å². The van der Waals surface area contributed by atoms with Crippen LogP contribution in [0.4, 0.5) is 8.78 Å². The fourth-order valence-corrected chi connectivity index (χ4v) is 4.41. The molecule has 1 saturated heterocycles. The van der Waals surface area contributed by atoms with Gasteiger partial charge in [0.1, 0.15) is 11.6 Å². The van der Waals surface area contributed by atoms with E-state index in [2.05, 4.69) is 0 Å². The van der Waals surface area contributed by atoms with E-state index in [4.69, 9.17) is 0 Å². The van der Waals surface area contributed by atoms with Crippen molar-refractivity contribution < 1.29 is 17.2 Å². The van der Waals surface area contributed by atoms with Crippen molar-refractivity contribution >= 4 is 10.2 Å². The van der Waals surface area contributed by atoms with E-state index in [1.54, 1.807) is 30.3 Å². The maximum atomic E-state index is 13.8. The Bertz CT molecular complexity index is 810. The molecule has 0 amide bonds. The van der Waals surface area contributed by atoms with Gasteiger partial charge in [0.2, 0.25) is 0 Å². The summed E-state index contributed by atoms with van der Waals surface area (Å²) in [5, 5.41) is 0. The molecule has 0 aliphatic carbocycles. The summed E-state index contributed by atoms with van der Waals surface area (Å²) in [5.74, 6) is -0.773. The third kappa shape index (κ3) is 3.63. The lowest BCUT2D eigenvalue weighted by Gasteiger charge is -2.34. The first-order valence-electron chi connectivity index (χ1n) is 7.70. The monoisotopic (exact) mass is 352 g/mol. The van der Waals surface area contributed by atoms with Crippen LogP contribution in [0.5, 0.6) is 0 Å². The highest BCUT2D eigenvalue weighted by molar-refractivity contribution is 7.86. The summed E-state index contributed by atoms with van der Waals surface area (Å²) in [6.07, 6.45) is 0.662. The van der Waals surface area contributed by atoms with E-state index in [0.29, 0.717) is 30.6 Å². The summed E-state index contributed by atoms with van der Waals surface area (Å²) in [6.45, 7) is 0.940. The molecule has 0 bridgehead atoms. The molecule has 3 rings (SSSR count). The first-order valence-corrected chi connectivity index (χ1v) is 9.09. The molecule has 0 atom stereocenters. The molecule has 2 aromatic carbocycles. The highest BCUT2D eigenvalue weighted by Gasteiger charge is 2.33. The summed E-state index contributed by atoms with van der Waals surface area (Å²) in [7, 11) is -3.68. The Morgan fingerprint density at radius 1 is 0.875 bits per heavy atom. The molecule has 128 valence electrons. The first-order chi connectivity index (χ1) is 11.5. The van der Waals surface area contributed by atoms with Gasteiger partial charge in [0.15, 0.2) is 0 Å². The zero-order valence-corrected chi connectivity index (χ0v) is 13.8. The van der Waals surface area contributed by atoms with Crippen LogP contribution < -0.4 is 0 Å². The number of nitrogens with zero attached hydrogens (tertiary/aromatic N) is 2. The molecule has 7 heteroatoms. The van der Waals surface area contributed by atoms with E-state index in [1.165, 1.54) is 26.8 Å². The Morgan fingerprint density at radius 3 is 2.17 bits per heavy atom. The molecule has 0 N–H and O–H groups in total. The predicted molar refractivity (Wildman–Crippen MR) is 87.2 cm³/mol. The Labute approximate surface area is 140 Å². The van der Waals surface area contributed by atoms with E-state index >= 15 is 0 Å². The van der Waals surface area contributed by atoms with E-state index in [9.17, 15) is 17.2 Å². The van der Waals surface area contributed by atoms with Crippen molar-refractivity contribution in [2.75, 3.05) is 13.1 Å². The van der Waals surface area contributed by atoms with Crippen molar-refractivity contribution in [2.45, 2.75) is 19.5 Å². The molecule has 0 aromatic heterocycles. The van der Waals surface area contributed by atoms with Gasteiger partial charge < -0.3 is 0 Å².